The normalized spacial score (nSPS) is 11.6. The summed E-state index contributed by atoms with van der Waals surface area (Å²) in [5, 5.41) is 16.0. The van der Waals surface area contributed by atoms with E-state index < -0.39 is 5.91 Å². The zero-order chi connectivity index (χ0) is 15.9. The highest BCUT2D eigenvalue weighted by atomic mass is 35.5. The van der Waals surface area contributed by atoms with E-state index in [-0.39, 0.29) is 11.4 Å². The number of nitrogens with one attached hydrogen (secondary N) is 1. The lowest BCUT2D eigenvalue weighted by Gasteiger charge is -2.03. The van der Waals surface area contributed by atoms with E-state index in [1.807, 2.05) is 0 Å². The second-order valence-corrected chi connectivity index (χ2v) is 4.67. The van der Waals surface area contributed by atoms with Crippen LogP contribution in [0.2, 0.25) is 5.02 Å². The van der Waals surface area contributed by atoms with Gasteiger partial charge in [0.05, 0.1) is 18.1 Å². The number of benzene rings is 1. The van der Waals surface area contributed by atoms with Crippen LogP contribution < -0.4 is 5.43 Å². The Kier molecular flexibility index (Phi) is 5.16. The van der Waals surface area contributed by atoms with Gasteiger partial charge in [-0.3, -0.25) is 9.78 Å². The van der Waals surface area contributed by atoms with Crippen molar-refractivity contribution < 1.29 is 10.0 Å². The summed E-state index contributed by atoms with van der Waals surface area (Å²) in [6.45, 7) is 1.77. The van der Waals surface area contributed by atoms with Crippen LogP contribution in [0.15, 0.2) is 46.9 Å². The van der Waals surface area contributed by atoms with Crippen molar-refractivity contribution in [1.29, 1.82) is 0 Å². The molecule has 112 valence electrons. The number of hydrogen-bond acceptors (Lipinski definition) is 6. The predicted octanol–water partition coefficient (Wildman–Crippen LogP) is 2.03. The topological polar surface area (TPSA) is 99.8 Å². The number of halogens is 1. The molecule has 0 saturated carbocycles. The van der Waals surface area contributed by atoms with Gasteiger partial charge in [0.25, 0.3) is 5.91 Å². The summed E-state index contributed by atoms with van der Waals surface area (Å²) in [7, 11) is 0. The van der Waals surface area contributed by atoms with Crippen molar-refractivity contribution in [3.05, 3.63) is 58.6 Å². The van der Waals surface area contributed by atoms with E-state index in [4.69, 9.17) is 16.8 Å². The minimum atomic E-state index is -0.529. The van der Waals surface area contributed by atoms with E-state index in [0.717, 1.165) is 6.21 Å². The van der Waals surface area contributed by atoms with Gasteiger partial charge < -0.3 is 5.21 Å². The number of aromatic nitrogens is 2. The van der Waals surface area contributed by atoms with E-state index in [0.29, 0.717) is 16.3 Å². The lowest BCUT2D eigenvalue weighted by Crippen LogP contribution is -2.22. The van der Waals surface area contributed by atoms with Gasteiger partial charge in [0.1, 0.15) is 11.4 Å². The Morgan fingerprint density at radius 2 is 2.18 bits per heavy atom. The average Bonchev–Trinajstić information content (AvgIpc) is 2.52. The fraction of sp³-hybridized carbons (Fsp3) is 0.0714. The summed E-state index contributed by atoms with van der Waals surface area (Å²) in [5.74, 6) is -0.529. The molecule has 2 rings (SSSR count). The number of hydrazone groups is 1. The molecular weight excluding hydrogens is 306 g/mol. The first kappa shape index (κ1) is 15.6. The maximum Gasteiger partial charge on any atom is 0.291 e. The van der Waals surface area contributed by atoms with Gasteiger partial charge in [-0.1, -0.05) is 28.9 Å². The lowest BCUT2D eigenvalue weighted by atomic mass is 10.1. The van der Waals surface area contributed by atoms with Crippen molar-refractivity contribution in [1.82, 2.24) is 15.4 Å². The largest absolute Gasteiger partial charge is 0.411 e. The van der Waals surface area contributed by atoms with E-state index >= 15 is 0 Å². The molecule has 22 heavy (non-hydrogen) atoms. The molecule has 2 N–H and O–H groups in total. The number of carbonyl (C=O) groups is 1. The van der Waals surface area contributed by atoms with Crippen LogP contribution in [0.25, 0.3) is 0 Å². The van der Waals surface area contributed by atoms with Crippen LogP contribution >= 0.6 is 11.6 Å². The van der Waals surface area contributed by atoms with Gasteiger partial charge in [0.15, 0.2) is 0 Å². The second-order valence-electron chi connectivity index (χ2n) is 4.24. The first-order chi connectivity index (χ1) is 10.6. The summed E-state index contributed by atoms with van der Waals surface area (Å²) >= 11 is 5.89. The second kappa shape index (κ2) is 7.28. The number of hydrogen-bond donors (Lipinski definition) is 2. The number of nitrogens with zero attached hydrogens (tertiary/aromatic N) is 4. The number of amides is 1. The lowest BCUT2D eigenvalue weighted by molar-refractivity contribution is 0.0949. The summed E-state index contributed by atoms with van der Waals surface area (Å²) in [4.78, 5) is 19.8. The molecule has 0 atom stereocenters. The van der Waals surface area contributed by atoms with Crippen LogP contribution in [0.1, 0.15) is 21.7 Å². The Hall–Kier alpha value is -2.80. The molecule has 1 aromatic heterocycles. The van der Waals surface area contributed by atoms with E-state index in [1.54, 1.807) is 31.2 Å². The molecule has 1 aromatic carbocycles. The van der Waals surface area contributed by atoms with Crippen LogP contribution in [-0.4, -0.2) is 33.0 Å². The molecule has 0 bridgehead atoms. The fourth-order valence-corrected chi connectivity index (χ4v) is 1.74. The highest BCUT2D eigenvalue weighted by molar-refractivity contribution is 6.39. The van der Waals surface area contributed by atoms with E-state index in [9.17, 15) is 4.79 Å². The minimum Gasteiger partial charge on any atom is -0.411 e. The predicted molar refractivity (Wildman–Crippen MR) is 82.5 cm³/mol. The van der Waals surface area contributed by atoms with Crippen molar-refractivity contribution in [3.63, 3.8) is 0 Å². The van der Waals surface area contributed by atoms with Gasteiger partial charge in [-0.2, -0.15) is 5.10 Å². The highest BCUT2D eigenvalue weighted by Gasteiger charge is 2.08. The Bertz CT molecular complexity index is 728. The average molecular weight is 318 g/mol. The Labute approximate surface area is 131 Å². The van der Waals surface area contributed by atoms with Crippen molar-refractivity contribution in [2.45, 2.75) is 6.92 Å². The summed E-state index contributed by atoms with van der Waals surface area (Å²) in [6.07, 6.45) is 3.91. The number of aryl methyl sites for hydroxylation is 1. The van der Waals surface area contributed by atoms with Gasteiger partial charge >= 0.3 is 0 Å². The molecule has 0 spiro atoms. The summed E-state index contributed by atoms with van der Waals surface area (Å²) in [6, 6.07) is 6.75. The molecule has 7 nitrogen and oxygen atoms in total. The zero-order valence-corrected chi connectivity index (χ0v) is 12.3. The first-order valence-electron chi connectivity index (χ1n) is 6.20. The molecule has 8 heteroatoms. The molecule has 0 unspecified atom stereocenters. The van der Waals surface area contributed by atoms with Crippen molar-refractivity contribution in [3.8, 4) is 0 Å². The maximum atomic E-state index is 11.9. The molecule has 2 aromatic rings. The van der Waals surface area contributed by atoms with Crippen LogP contribution in [0.3, 0.4) is 0 Å². The summed E-state index contributed by atoms with van der Waals surface area (Å²) in [5.41, 5.74) is 3.97. The third-order valence-electron chi connectivity index (χ3n) is 2.59. The molecule has 0 radical (unpaired) electrons. The molecule has 0 aliphatic heterocycles. The Morgan fingerprint density at radius 3 is 2.82 bits per heavy atom. The fourth-order valence-electron chi connectivity index (χ4n) is 1.55. The van der Waals surface area contributed by atoms with Gasteiger partial charge in [-0.05, 0) is 19.1 Å². The molecule has 0 saturated heterocycles. The molecule has 1 amide bonds. The molecule has 0 aliphatic carbocycles. The number of carbonyl (C=O) groups excluding carboxylic acids is 1. The maximum absolute atomic E-state index is 11.9. The first-order valence-corrected chi connectivity index (χ1v) is 6.58. The zero-order valence-electron chi connectivity index (χ0n) is 11.6. The summed E-state index contributed by atoms with van der Waals surface area (Å²) < 4.78 is 0. The third kappa shape index (κ3) is 4.10. The van der Waals surface area contributed by atoms with Crippen LogP contribution in [0.4, 0.5) is 0 Å². The molecule has 1 heterocycles. The van der Waals surface area contributed by atoms with Gasteiger partial charge in [-0.15, -0.1) is 0 Å². The Morgan fingerprint density at radius 1 is 1.36 bits per heavy atom. The Balaban J connectivity index is 2.20. The molecular formula is C14H12ClN5O2. The molecule has 0 fully saturated rings. The van der Waals surface area contributed by atoms with Crippen LogP contribution in [0, 0.1) is 6.92 Å². The SMILES string of the molecule is Cc1cnc(C(=O)NN=C(C=NO)c2cccc(Cl)c2)cn1. The van der Waals surface area contributed by atoms with Gasteiger partial charge in [0, 0.05) is 16.8 Å². The quantitative estimate of drug-likeness (QED) is 0.512. The standard InChI is InChI=1S/C14H12ClN5O2/c1-9-6-17-13(7-16-9)14(21)20-19-12(8-18-22)10-3-2-4-11(15)5-10/h2-8,22H,1H3,(H,20,21). The van der Waals surface area contributed by atoms with Crippen molar-refractivity contribution >= 4 is 29.4 Å². The van der Waals surface area contributed by atoms with Crippen molar-refractivity contribution in [2.75, 3.05) is 0 Å². The van der Waals surface area contributed by atoms with E-state index in [2.05, 4.69) is 25.7 Å². The number of rotatable bonds is 4. The smallest absolute Gasteiger partial charge is 0.291 e. The monoisotopic (exact) mass is 317 g/mol. The third-order valence-corrected chi connectivity index (χ3v) is 2.83. The van der Waals surface area contributed by atoms with Gasteiger partial charge in [-0.25, -0.2) is 10.4 Å². The highest BCUT2D eigenvalue weighted by Crippen LogP contribution is 2.11. The van der Waals surface area contributed by atoms with Crippen molar-refractivity contribution in [2.24, 2.45) is 10.3 Å². The van der Waals surface area contributed by atoms with Gasteiger partial charge in [0.2, 0.25) is 0 Å². The van der Waals surface area contributed by atoms with Crippen LogP contribution in [-0.2, 0) is 0 Å². The van der Waals surface area contributed by atoms with Crippen LogP contribution in [0.5, 0.6) is 0 Å². The molecule has 0 aliphatic rings. The minimum absolute atomic E-state index is 0.126. The number of oxime groups is 1. The van der Waals surface area contributed by atoms with E-state index in [1.165, 1.54) is 12.4 Å².